The highest BCUT2D eigenvalue weighted by Gasteiger charge is 2.49. The molecule has 1 aromatic heterocycles. The highest BCUT2D eigenvalue weighted by Crippen LogP contribution is 2.60. The van der Waals surface area contributed by atoms with Crippen molar-refractivity contribution in [3.63, 3.8) is 0 Å². The summed E-state index contributed by atoms with van der Waals surface area (Å²) in [6, 6.07) is 0. The van der Waals surface area contributed by atoms with Crippen molar-refractivity contribution >= 4 is 5.69 Å². The molecule has 1 heterocycles. The van der Waals surface area contributed by atoms with Gasteiger partial charge in [0.25, 0.3) is 0 Å². The second-order valence-electron chi connectivity index (χ2n) is 6.92. The molecular weight excluding hydrogens is 220 g/mol. The number of nitrogens with zero attached hydrogens (tertiary/aromatic N) is 1. The molecule has 0 aromatic carbocycles. The zero-order valence-electron chi connectivity index (χ0n) is 11.1. The van der Waals surface area contributed by atoms with E-state index in [1.807, 2.05) is 12.4 Å². The van der Waals surface area contributed by atoms with E-state index in [4.69, 9.17) is 5.73 Å². The lowest BCUT2D eigenvalue weighted by Crippen LogP contribution is -2.44. The first-order valence-electron chi connectivity index (χ1n) is 7.42. The van der Waals surface area contributed by atoms with Crippen LogP contribution in [0.15, 0.2) is 12.4 Å². The van der Waals surface area contributed by atoms with Crippen molar-refractivity contribution in [2.45, 2.75) is 44.9 Å². The van der Waals surface area contributed by atoms with Crippen molar-refractivity contribution in [2.75, 3.05) is 5.73 Å². The largest absolute Gasteiger partial charge is 0.397 e. The first-order chi connectivity index (χ1) is 8.72. The van der Waals surface area contributed by atoms with Crippen LogP contribution in [0.2, 0.25) is 0 Å². The van der Waals surface area contributed by atoms with Crippen LogP contribution in [-0.2, 0) is 0 Å². The van der Waals surface area contributed by atoms with Crippen molar-refractivity contribution in [2.24, 2.45) is 23.7 Å². The molecule has 0 unspecified atom stereocenters. The predicted molar refractivity (Wildman–Crippen MR) is 73.2 cm³/mol. The smallest absolute Gasteiger partial charge is 0.0538 e. The van der Waals surface area contributed by atoms with Gasteiger partial charge in [0.1, 0.15) is 0 Å². The fourth-order valence-corrected chi connectivity index (χ4v) is 5.45. The van der Waals surface area contributed by atoms with Crippen molar-refractivity contribution in [3.05, 3.63) is 23.5 Å². The molecular formula is C16H22N2. The molecule has 0 aliphatic heterocycles. The summed E-state index contributed by atoms with van der Waals surface area (Å²) in [5, 5.41) is 0. The zero-order chi connectivity index (χ0) is 12.3. The van der Waals surface area contributed by atoms with Gasteiger partial charge in [-0.15, -0.1) is 0 Å². The Labute approximate surface area is 109 Å². The van der Waals surface area contributed by atoms with Gasteiger partial charge in [0.2, 0.25) is 0 Å². The molecule has 4 aliphatic rings. The SMILES string of the molecule is Cc1cncc(N)c1C1C2CC3CC(C2)CC1C3. The third kappa shape index (κ3) is 1.44. The summed E-state index contributed by atoms with van der Waals surface area (Å²) in [5.41, 5.74) is 9.93. The number of aromatic nitrogens is 1. The third-order valence-electron chi connectivity index (χ3n) is 5.78. The summed E-state index contributed by atoms with van der Waals surface area (Å²) in [7, 11) is 0. The molecule has 0 amide bonds. The maximum atomic E-state index is 6.24. The first-order valence-corrected chi connectivity index (χ1v) is 7.42. The average molecular weight is 242 g/mol. The van der Waals surface area contributed by atoms with Gasteiger partial charge in [-0.1, -0.05) is 0 Å². The number of rotatable bonds is 1. The highest BCUT2D eigenvalue weighted by molar-refractivity contribution is 5.51. The molecule has 2 heteroatoms. The zero-order valence-corrected chi connectivity index (χ0v) is 11.1. The molecule has 96 valence electrons. The molecule has 4 fully saturated rings. The molecule has 18 heavy (non-hydrogen) atoms. The molecule has 4 saturated carbocycles. The first kappa shape index (κ1) is 10.8. The summed E-state index contributed by atoms with van der Waals surface area (Å²) in [6.07, 6.45) is 11.2. The number of hydrogen-bond donors (Lipinski definition) is 1. The molecule has 4 bridgehead atoms. The molecule has 0 saturated heterocycles. The number of hydrogen-bond acceptors (Lipinski definition) is 2. The summed E-state index contributed by atoms with van der Waals surface area (Å²) in [6.45, 7) is 2.18. The highest BCUT2D eigenvalue weighted by atomic mass is 14.7. The minimum Gasteiger partial charge on any atom is -0.397 e. The molecule has 4 aliphatic carbocycles. The number of nitrogens with two attached hydrogens (primary N) is 1. The lowest BCUT2D eigenvalue weighted by Gasteiger charge is -2.55. The Hall–Kier alpha value is -1.05. The lowest BCUT2D eigenvalue weighted by atomic mass is 9.50. The Balaban J connectivity index is 1.77. The predicted octanol–water partition coefficient (Wildman–Crippen LogP) is 3.51. The van der Waals surface area contributed by atoms with Crippen LogP contribution >= 0.6 is 0 Å². The van der Waals surface area contributed by atoms with Crippen LogP contribution in [0, 0.1) is 30.6 Å². The van der Waals surface area contributed by atoms with Crippen molar-refractivity contribution in [1.82, 2.24) is 4.98 Å². The van der Waals surface area contributed by atoms with E-state index in [2.05, 4.69) is 11.9 Å². The molecule has 2 N–H and O–H groups in total. The van der Waals surface area contributed by atoms with E-state index in [1.165, 1.54) is 43.2 Å². The number of nitrogen functional groups attached to an aromatic ring is 1. The minimum absolute atomic E-state index is 0.737. The van der Waals surface area contributed by atoms with Crippen LogP contribution in [0.1, 0.15) is 49.1 Å². The van der Waals surface area contributed by atoms with Gasteiger partial charge in [0, 0.05) is 6.20 Å². The van der Waals surface area contributed by atoms with E-state index in [9.17, 15) is 0 Å². The number of anilines is 1. The third-order valence-corrected chi connectivity index (χ3v) is 5.78. The van der Waals surface area contributed by atoms with Gasteiger partial charge in [0.15, 0.2) is 0 Å². The second-order valence-corrected chi connectivity index (χ2v) is 6.92. The quantitative estimate of drug-likeness (QED) is 0.818. The van der Waals surface area contributed by atoms with Crippen LogP contribution in [0.25, 0.3) is 0 Å². The van der Waals surface area contributed by atoms with Crippen LogP contribution < -0.4 is 5.73 Å². The van der Waals surface area contributed by atoms with Crippen molar-refractivity contribution < 1.29 is 0 Å². The van der Waals surface area contributed by atoms with Crippen LogP contribution in [0.5, 0.6) is 0 Å². The molecule has 0 radical (unpaired) electrons. The van der Waals surface area contributed by atoms with E-state index in [1.54, 1.807) is 0 Å². The summed E-state index contributed by atoms with van der Waals surface area (Å²) < 4.78 is 0. The maximum Gasteiger partial charge on any atom is 0.0538 e. The molecule has 5 rings (SSSR count). The number of aryl methyl sites for hydroxylation is 1. The maximum absolute atomic E-state index is 6.24. The average Bonchev–Trinajstić information content (AvgIpc) is 2.31. The van der Waals surface area contributed by atoms with Gasteiger partial charge in [-0.2, -0.15) is 0 Å². The lowest BCUT2D eigenvalue weighted by molar-refractivity contribution is -0.00276. The number of pyridine rings is 1. The Kier molecular flexibility index (Phi) is 2.24. The monoisotopic (exact) mass is 242 g/mol. The van der Waals surface area contributed by atoms with Gasteiger partial charge in [0.05, 0.1) is 11.9 Å². The van der Waals surface area contributed by atoms with Crippen molar-refractivity contribution in [3.8, 4) is 0 Å². The Morgan fingerprint density at radius 2 is 1.61 bits per heavy atom. The van der Waals surface area contributed by atoms with Gasteiger partial charge < -0.3 is 5.73 Å². The standard InChI is InChI=1S/C16H22N2/c1-9-7-18-8-14(17)15(9)16-12-3-10-2-11(5-12)6-13(16)4-10/h7-8,10-13,16H,2-6,17H2,1H3. The topological polar surface area (TPSA) is 38.9 Å². The van der Waals surface area contributed by atoms with Crippen LogP contribution in [-0.4, -0.2) is 4.98 Å². The summed E-state index contributed by atoms with van der Waals surface area (Å²) in [5.74, 6) is 4.62. The molecule has 0 atom stereocenters. The summed E-state index contributed by atoms with van der Waals surface area (Å²) >= 11 is 0. The Morgan fingerprint density at radius 1 is 1.00 bits per heavy atom. The molecule has 1 aromatic rings. The molecule has 0 spiro atoms. The van der Waals surface area contributed by atoms with E-state index in [0.29, 0.717) is 0 Å². The van der Waals surface area contributed by atoms with E-state index in [-0.39, 0.29) is 0 Å². The van der Waals surface area contributed by atoms with E-state index >= 15 is 0 Å². The van der Waals surface area contributed by atoms with Gasteiger partial charge in [-0.25, -0.2) is 0 Å². The normalized spacial score (nSPS) is 41.3. The van der Waals surface area contributed by atoms with E-state index in [0.717, 1.165) is 35.3 Å². The van der Waals surface area contributed by atoms with E-state index < -0.39 is 0 Å². The second kappa shape index (κ2) is 3.72. The summed E-state index contributed by atoms with van der Waals surface area (Å²) in [4.78, 5) is 4.23. The molecule has 2 nitrogen and oxygen atoms in total. The fourth-order valence-electron chi connectivity index (χ4n) is 5.45. The fraction of sp³-hybridized carbons (Fsp3) is 0.688. The van der Waals surface area contributed by atoms with Gasteiger partial charge >= 0.3 is 0 Å². The Morgan fingerprint density at radius 3 is 2.17 bits per heavy atom. The van der Waals surface area contributed by atoms with Gasteiger partial charge in [-0.05, 0) is 79.7 Å². The van der Waals surface area contributed by atoms with Crippen LogP contribution in [0.3, 0.4) is 0 Å². The minimum atomic E-state index is 0.737. The Bertz CT molecular complexity index is 432. The van der Waals surface area contributed by atoms with Crippen molar-refractivity contribution in [1.29, 1.82) is 0 Å². The van der Waals surface area contributed by atoms with Gasteiger partial charge in [-0.3, -0.25) is 4.98 Å². The van der Waals surface area contributed by atoms with Crippen LogP contribution in [0.4, 0.5) is 5.69 Å².